The molecule has 131 valence electrons. The minimum atomic E-state index is -0.948. The second kappa shape index (κ2) is 5.83. The van der Waals surface area contributed by atoms with E-state index in [0.717, 1.165) is 38.2 Å². The van der Waals surface area contributed by atoms with E-state index in [2.05, 4.69) is 17.1 Å². The number of hydrogen-bond acceptors (Lipinski definition) is 4. The van der Waals surface area contributed by atoms with E-state index in [1.165, 1.54) is 0 Å². The fraction of sp³-hybridized carbons (Fsp3) is 0.286. The predicted octanol–water partition coefficient (Wildman–Crippen LogP) is 3.94. The molecule has 0 aliphatic carbocycles. The Morgan fingerprint density at radius 3 is 2.58 bits per heavy atom. The molecule has 4 aromatic rings. The molecule has 1 N–H and O–H groups in total. The van der Waals surface area contributed by atoms with E-state index in [0.29, 0.717) is 0 Å². The molecule has 0 bridgehead atoms. The maximum Gasteiger partial charge on any atom is 0.330 e. The predicted molar refractivity (Wildman–Crippen MR) is 106 cm³/mol. The molecule has 0 spiro atoms. The molecule has 4 nitrogen and oxygen atoms in total. The number of aliphatic hydroxyl groups is 1. The van der Waals surface area contributed by atoms with Gasteiger partial charge in [0.05, 0.1) is 17.4 Å². The van der Waals surface area contributed by atoms with Crippen LogP contribution in [0.2, 0.25) is 0 Å². The summed E-state index contributed by atoms with van der Waals surface area (Å²) in [6, 6.07) is 12.2. The van der Waals surface area contributed by atoms with Gasteiger partial charge >= 0.3 is 7.48 Å². The van der Waals surface area contributed by atoms with Crippen LogP contribution in [0.1, 0.15) is 27.7 Å². The van der Waals surface area contributed by atoms with Crippen molar-refractivity contribution < 1.29 is 14.2 Å². The van der Waals surface area contributed by atoms with Gasteiger partial charge in [0.1, 0.15) is 5.58 Å². The van der Waals surface area contributed by atoms with Crippen molar-refractivity contribution in [2.24, 2.45) is 0 Å². The van der Waals surface area contributed by atoms with Gasteiger partial charge in [-0.05, 0) is 50.6 Å². The third kappa shape index (κ3) is 2.77. The first-order chi connectivity index (χ1) is 12.3. The molecule has 4 rings (SSSR count). The zero-order valence-electron chi connectivity index (χ0n) is 15.4. The van der Waals surface area contributed by atoms with Crippen LogP contribution < -0.4 is 5.46 Å². The Morgan fingerprint density at radius 1 is 1.00 bits per heavy atom. The number of fused-ring (bicyclic) bond motifs is 5. The summed E-state index contributed by atoms with van der Waals surface area (Å²) < 4.78 is 11.8. The molecule has 2 aromatic carbocycles. The lowest BCUT2D eigenvalue weighted by atomic mass is 9.82. The largest absolute Gasteiger partial charge is 0.454 e. The zero-order valence-corrected chi connectivity index (χ0v) is 15.4. The summed E-state index contributed by atoms with van der Waals surface area (Å²) in [4.78, 5) is 4.13. The highest BCUT2D eigenvalue weighted by Crippen LogP contribution is 2.33. The molecule has 2 aromatic heterocycles. The van der Waals surface area contributed by atoms with Crippen LogP contribution in [0.5, 0.6) is 0 Å². The first kappa shape index (κ1) is 17.1. The molecule has 0 saturated carbocycles. The third-order valence-corrected chi connectivity index (χ3v) is 5.24. The van der Waals surface area contributed by atoms with Crippen molar-refractivity contribution >= 4 is 45.7 Å². The first-order valence-corrected chi connectivity index (χ1v) is 8.69. The molecule has 0 aliphatic heterocycles. The van der Waals surface area contributed by atoms with Gasteiger partial charge in [-0.1, -0.05) is 29.7 Å². The lowest BCUT2D eigenvalue weighted by Crippen LogP contribution is -2.49. The third-order valence-electron chi connectivity index (χ3n) is 5.24. The van der Waals surface area contributed by atoms with Crippen molar-refractivity contribution in [3.63, 3.8) is 0 Å². The molecular formula is C21H21BNO3. The Morgan fingerprint density at radius 2 is 1.81 bits per heavy atom. The summed E-state index contributed by atoms with van der Waals surface area (Å²) in [7, 11) is 1.71. The van der Waals surface area contributed by atoms with E-state index in [4.69, 9.17) is 9.07 Å². The molecule has 26 heavy (non-hydrogen) atoms. The number of nitrogens with zero attached hydrogens (tertiary/aromatic N) is 1. The van der Waals surface area contributed by atoms with Crippen molar-refractivity contribution in [3.8, 4) is 0 Å². The first-order valence-electron chi connectivity index (χ1n) is 8.69. The summed E-state index contributed by atoms with van der Waals surface area (Å²) in [5, 5.41) is 14.6. The lowest BCUT2D eigenvalue weighted by molar-refractivity contribution is -0.0893. The minimum Gasteiger partial charge on any atom is -0.454 e. The van der Waals surface area contributed by atoms with Gasteiger partial charge in [0, 0.05) is 17.0 Å². The van der Waals surface area contributed by atoms with Gasteiger partial charge in [-0.2, -0.15) is 0 Å². The van der Waals surface area contributed by atoms with Crippen LogP contribution in [-0.2, 0) is 4.65 Å². The number of pyridine rings is 1. The van der Waals surface area contributed by atoms with E-state index in [1.807, 2.05) is 38.1 Å². The van der Waals surface area contributed by atoms with Crippen molar-refractivity contribution in [1.82, 2.24) is 4.98 Å². The molecule has 1 radical (unpaired) electrons. The number of aromatic nitrogens is 1. The highest BCUT2D eigenvalue weighted by Gasteiger charge is 2.35. The number of benzene rings is 2. The Balaban J connectivity index is 1.74. The second-order valence-electron chi connectivity index (χ2n) is 7.70. The van der Waals surface area contributed by atoms with Crippen LogP contribution >= 0.6 is 0 Å². The van der Waals surface area contributed by atoms with Gasteiger partial charge in [0.15, 0.2) is 5.58 Å². The normalized spacial score (nSPS) is 13.0. The monoisotopic (exact) mass is 346 g/mol. The number of furan rings is 1. The SMILES string of the molecule is CC(C)(O)C(C)(C)O[B]c1ccc2c(ccc3oc4cnccc4c32)c1. The second-order valence-corrected chi connectivity index (χ2v) is 7.70. The maximum absolute atomic E-state index is 10.2. The standard InChI is InChI=1S/C21H21BNO3/c1-20(2,24)21(3,4)26-22-14-6-7-15-13(11-14)5-8-17-19(15)16-9-10-23-12-18(16)25-17/h5-12,24H,1-4H3. The van der Waals surface area contributed by atoms with Crippen molar-refractivity contribution in [3.05, 3.63) is 48.8 Å². The molecule has 0 fully saturated rings. The summed E-state index contributed by atoms with van der Waals surface area (Å²) in [5.74, 6) is 0. The van der Waals surface area contributed by atoms with E-state index >= 15 is 0 Å². The van der Waals surface area contributed by atoms with Gasteiger partial charge in [-0.15, -0.1) is 0 Å². The van der Waals surface area contributed by atoms with Gasteiger partial charge < -0.3 is 14.2 Å². The van der Waals surface area contributed by atoms with E-state index in [9.17, 15) is 5.11 Å². The van der Waals surface area contributed by atoms with E-state index in [1.54, 1.807) is 33.7 Å². The van der Waals surface area contributed by atoms with Gasteiger partial charge in [-0.25, -0.2) is 0 Å². The topological polar surface area (TPSA) is 55.5 Å². The van der Waals surface area contributed by atoms with Crippen molar-refractivity contribution in [1.29, 1.82) is 0 Å². The summed E-state index contributed by atoms with van der Waals surface area (Å²) >= 11 is 0. The smallest absolute Gasteiger partial charge is 0.330 e. The van der Waals surface area contributed by atoms with Crippen LogP contribution in [0.4, 0.5) is 0 Å². The van der Waals surface area contributed by atoms with Gasteiger partial charge in [0.2, 0.25) is 0 Å². The lowest BCUT2D eigenvalue weighted by Gasteiger charge is -2.37. The maximum atomic E-state index is 10.2. The fourth-order valence-electron chi connectivity index (χ4n) is 2.91. The number of hydrogen-bond donors (Lipinski definition) is 1. The highest BCUT2D eigenvalue weighted by atomic mass is 16.5. The zero-order chi connectivity index (χ0) is 18.5. The number of rotatable bonds is 4. The molecule has 2 heterocycles. The van der Waals surface area contributed by atoms with Gasteiger partial charge in [-0.3, -0.25) is 4.98 Å². The van der Waals surface area contributed by atoms with Crippen LogP contribution in [0.3, 0.4) is 0 Å². The Bertz CT molecular complexity index is 1110. The van der Waals surface area contributed by atoms with E-state index in [-0.39, 0.29) is 0 Å². The highest BCUT2D eigenvalue weighted by molar-refractivity contribution is 6.47. The summed E-state index contributed by atoms with van der Waals surface area (Å²) in [6.45, 7) is 7.24. The summed E-state index contributed by atoms with van der Waals surface area (Å²) in [5.41, 5.74) is 0.955. The molecule has 0 atom stereocenters. The van der Waals surface area contributed by atoms with Gasteiger partial charge in [0.25, 0.3) is 0 Å². The minimum absolute atomic E-state index is 0.695. The summed E-state index contributed by atoms with van der Waals surface area (Å²) in [6.07, 6.45) is 3.53. The molecule has 0 amide bonds. The molecule has 0 unspecified atom stereocenters. The average Bonchev–Trinajstić information content (AvgIpc) is 2.97. The fourth-order valence-corrected chi connectivity index (χ4v) is 2.91. The quantitative estimate of drug-likeness (QED) is 0.569. The molecule has 0 saturated heterocycles. The van der Waals surface area contributed by atoms with Crippen LogP contribution in [0.15, 0.2) is 53.2 Å². The Hall–Kier alpha value is -2.37. The van der Waals surface area contributed by atoms with Crippen molar-refractivity contribution in [2.75, 3.05) is 0 Å². The molecular weight excluding hydrogens is 325 g/mol. The Labute approximate surface area is 153 Å². The van der Waals surface area contributed by atoms with Crippen LogP contribution in [0, 0.1) is 0 Å². The van der Waals surface area contributed by atoms with Crippen LogP contribution in [-0.4, -0.2) is 28.8 Å². The Kier molecular flexibility index (Phi) is 3.83. The van der Waals surface area contributed by atoms with E-state index < -0.39 is 11.2 Å². The molecule has 0 aliphatic rings. The van der Waals surface area contributed by atoms with Crippen molar-refractivity contribution in [2.45, 2.75) is 38.9 Å². The van der Waals surface area contributed by atoms with Crippen LogP contribution in [0.25, 0.3) is 32.7 Å². The average molecular weight is 346 g/mol. The molecule has 5 heteroatoms.